The maximum Gasteiger partial charge on any atom is 0.255 e. The number of aromatic nitrogens is 1. The van der Waals surface area contributed by atoms with Crippen LogP contribution < -0.4 is 15.8 Å². The third-order valence-electron chi connectivity index (χ3n) is 3.13. The summed E-state index contributed by atoms with van der Waals surface area (Å²) in [5, 5.41) is 2.80. The minimum atomic E-state index is -0.240. The van der Waals surface area contributed by atoms with Crippen LogP contribution in [0.15, 0.2) is 72.9 Å². The van der Waals surface area contributed by atoms with Gasteiger partial charge in [0.15, 0.2) is 0 Å². The molecule has 0 unspecified atom stereocenters. The molecular weight excluding hydrogens is 290 g/mol. The first kappa shape index (κ1) is 14.6. The summed E-state index contributed by atoms with van der Waals surface area (Å²) >= 11 is 0. The number of ether oxygens (including phenoxy) is 1. The van der Waals surface area contributed by atoms with Crippen molar-refractivity contribution in [1.82, 2.24) is 4.98 Å². The van der Waals surface area contributed by atoms with Crippen molar-refractivity contribution < 1.29 is 9.53 Å². The molecule has 0 saturated carbocycles. The maximum atomic E-state index is 12.1. The molecule has 3 rings (SSSR count). The Balaban J connectivity index is 1.67. The summed E-state index contributed by atoms with van der Waals surface area (Å²) in [6.45, 7) is 0. The molecule has 2 aromatic carbocycles. The summed E-state index contributed by atoms with van der Waals surface area (Å²) in [5.74, 6) is 1.53. The molecule has 1 amide bonds. The van der Waals surface area contributed by atoms with Gasteiger partial charge in [-0.25, -0.2) is 4.98 Å². The van der Waals surface area contributed by atoms with E-state index >= 15 is 0 Å². The van der Waals surface area contributed by atoms with E-state index < -0.39 is 0 Å². The van der Waals surface area contributed by atoms with Gasteiger partial charge in [0.05, 0.1) is 0 Å². The minimum absolute atomic E-state index is 0.240. The van der Waals surface area contributed by atoms with E-state index in [1.807, 2.05) is 30.3 Å². The molecular formula is C18H15N3O2. The molecule has 1 aromatic heterocycles. The van der Waals surface area contributed by atoms with Gasteiger partial charge in [-0.15, -0.1) is 0 Å². The number of benzene rings is 2. The van der Waals surface area contributed by atoms with Crippen LogP contribution >= 0.6 is 0 Å². The fraction of sp³-hybridized carbons (Fsp3) is 0. The Morgan fingerprint density at radius 2 is 1.65 bits per heavy atom. The summed E-state index contributed by atoms with van der Waals surface area (Å²) in [4.78, 5) is 16.0. The first-order valence-electron chi connectivity index (χ1n) is 7.06. The van der Waals surface area contributed by atoms with Crippen LogP contribution in [0.25, 0.3) is 0 Å². The Bertz CT molecular complexity index is 802. The SMILES string of the molecule is Nc1cc(C(=O)Nc2ccc(Oc3ccccc3)cc2)ccn1. The van der Waals surface area contributed by atoms with E-state index in [9.17, 15) is 4.79 Å². The van der Waals surface area contributed by atoms with Gasteiger partial charge in [-0.3, -0.25) is 4.79 Å². The van der Waals surface area contributed by atoms with Gasteiger partial charge in [0.2, 0.25) is 0 Å². The number of para-hydroxylation sites is 1. The largest absolute Gasteiger partial charge is 0.457 e. The average Bonchev–Trinajstić information content (AvgIpc) is 2.57. The van der Waals surface area contributed by atoms with E-state index in [0.717, 1.165) is 5.75 Å². The first-order valence-corrected chi connectivity index (χ1v) is 7.06. The normalized spacial score (nSPS) is 10.1. The highest BCUT2D eigenvalue weighted by atomic mass is 16.5. The van der Waals surface area contributed by atoms with Gasteiger partial charge >= 0.3 is 0 Å². The maximum absolute atomic E-state index is 12.1. The molecule has 3 aromatic rings. The molecule has 114 valence electrons. The lowest BCUT2D eigenvalue weighted by Crippen LogP contribution is -2.12. The predicted octanol–water partition coefficient (Wildman–Crippen LogP) is 3.71. The van der Waals surface area contributed by atoms with E-state index in [0.29, 0.717) is 22.8 Å². The van der Waals surface area contributed by atoms with Crippen molar-refractivity contribution in [2.45, 2.75) is 0 Å². The van der Waals surface area contributed by atoms with Crippen molar-refractivity contribution in [3.05, 3.63) is 78.5 Å². The van der Waals surface area contributed by atoms with Crippen molar-refractivity contribution in [3.8, 4) is 11.5 Å². The lowest BCUT2D eigenvalue weighted by molar-refractivity contribution is 0.102. The smallest absolute Gasteiger partial charge is 0.255 e. The van der Waals surface area contributed by atoms with Crippen molar-refractivity contribution >= 4 is 17.4 Å². The van der Waals surface area contributed by atoms with E-state index in [1.54, 1.807) is 30.3 Å². The van der Waals surface area contributed by atoms with Gasteiger partial charge in [-0.1, -0.05) is 18.2 Å². The van der Waals surface area contributed by atoms with Crippen LogP contribution in [0.4, 0.5) is 11.5 Å². The molecule has 0 atom stereocenters. The molecule has 0 spiro atoms. The van der Waals surface area contributed by atoms with Gasteiger partial charge in [-0.2, -0.15) is 0 Å². The van der Waals surface area contributed by atoms with Crippen LogP contribution in [0, 0.1) is 0 Å². The van der Waals surface area contributed by atoms with E-state index in [4.69, 9.17) is 10.5 Å². The van der Waals surface area contributed by atoms with Crippen molar-refractivity contribution in [2.75, 3.05) is 11.1 Å². The van der Waals surface area contributed by atoms with E-state index in [2.05, 4.69) is 10.3 Å². The Morgan fingerprint density at radius 3 is 2.35 bits per heavy atom. The summed E-state index contributed by atoms with van der Waals surface area (Å²) in [5.41, 5.74) is 6.71. The zero-order valence-electron chi connectivity index (χ0n) is 12.3. The molecule has 1 heterocycles. The molecule has 0 aliphatic carbocycles. The number of hydrogen-bond acceptors (Lipinski definition) is 4. The molecule has 5 heteroatoms. The predicted molar refractivity (Wildman–Crippen MR) is 89.6 cm³/mol. The highest BCUT2D eigenvalue weighted by Crippen LogP contribution is 2.22. The number of carbonyl (C=O) groups excluding carboxylic acids is 1. The number of amides is 1. The van der Waals surface area contributed by atoms with Crippen LogP contribution in [-0.2, 0) is 0 Å². The Morgan fingerprint density at radius 1 is 0.957 bits per heavy atom. The second-order valence-corrected chi connectivity index (χ2v) is 4.86. The number of nitrogens with two attached hydrogens (primary N) is 1. The summed E-state index contributed by atoms with van der Waals surface area (Å²) in [6.07, 6.45) is 1.50. The summed E-state index contributed by atoms with van der Waals surface area (Å²) in [6, 6.07) is 19.8. The fourth-order valence-corrected chi connectivity index (χ4v) is 2.02. The third kappa shape index (κ3) is 3.85. The van der Waals surface area contributed by atoms with Crippen molar-refractivity contribution in [1.29, 1.82) is 0 Å². The van der Waals surface area contributed by atoms with Crippen molar-refractivity contribution in [2.24, 2.45) is 0 Å². The van der Waals surface area contributed by atoms with Gasteiger partial charge in [0, 0.05) is 17.4 Å². The fourth-order valence-electron chi connectivity index (χ4n) is 2.02. The van der Waals surface area contributed by atoms with Crippen LogP contribution in [0.2, 0.25) is 0 Å². The molecule has 0 aliphatic rings. The quantitative estimate of drug-likeness (QED) is 0.770. The molecule has 0 saturated heterocycles. The van der Waals surface area contributed by atoms with Crippen molar-refractivity contribution in [3.63, 3.8) is 0 Å². The number of hydrogen-bond donors (Lipinski definition) is 2. The zero-order chi connectivity index (χ0) is 16.1. The Labute approximate surface area is 133 Å². The van der Waals surface area contributed by atoms with Gasteiger partial charge in [0.1, 0.15) is 17.3 Å². The van der Waals surface area contributed by atoms with Crippen LogP contribution in [-0.4, -0.2) is 10.9 Å². The van der Waals surface area contributed by atoms with E-state index in [-0.39, 0.29) is 5.91 Å². The highest BCUT2D eigenvalue weighted by molar-refractivity contribution is 6.04. The van der Waals surface area contributed by atoms with Gasteiger partial charge in [0.25, 0.3) is 5.91 Å². The number of nitrogen functional groups attached to an aromatic ring is 1. The first-order chi connectivity index (χ1) is 11.2. The lowest BCUT2D eigenvalue weighted by Gasteiger charge is -2.08. The second kappa shape index (κ2) is 6.62. The van der Waals surface area contributed by atoms with Crippen LogP contribution in [0.5, 0.6) is 11.5 Å². The second-order valence-electron chi connectivity index (χ2n) is 4.86. The topological polar surface area (TPSA) is 77.2 Å². The lowest BCUT2D eigenvalue weighted by atomic mass is 10.2. The third-order valence-corrected chi connectivity index (χ3v) is 3.13. The Kier molecular flexibility index (Phi) is 4.20. The molecule has 0 aliphatic heterocycles. The van der Waals surface area contributed by atoms with Gasteiger partial charge in [-0.05, 0) is 48.5 Å². The molecule has 23 heavy (non-hydrogen) atoms. The molecule has 3 N–H and O–H groups in total. The Hall–Kier alpha value is -3.34. The van der Waals surface area contributed by atoms with Crippen LogP contribution in [0.1, 0.15) is 10.4 Å². The molecule has 0 radical (unpaired) electrons. The number of nitrogens with zero attached hydrogens (tertiary/aromatic N) is 1. The number of carbonyl (C=O) groups is 1. The monoisotopic (exact) mass is 305 g/mol. The minimum Gasteiger partial charge on any atom is -0.457 e. The molecule has 5 nitrogen and oxygen atoms in total. The van der Waals surface area contributed by atoms with Crippen LogP contribution in [0.3, 0.4) is 0 Å². The van der Waals surface area contributed by atoms with Gasteiger partial charge < -0.3 is 15.8 Å². The summed E-state index contributed by atoms with van der Waals surface area (Å²) < 4.78 is 5.70. The van der Waals surface area contributed by atoms with E-state index in [1.165, 1.54) is 12.3 Å². The molecule has 0 bridgehead atoms. The number of nitrogens with one attached hydrogen (secondary N) is 1. The number of rotatable bonds is 4. The summed E-state index contributed by atoms with van der Waals surface area (Å²) in [7, 11) is 0. The molecule has 0 fully saturated rings. The standard InChI is InChI=1S/C18H15N3O2/c19-17-12-13(10-11-20-17)18(22)21-14-6-8-16(9-7-14)23-15-4-2-1-3-5-15/h1-12H,(H2,19,20)(H,21,22). The number of anilines is 2. The highest BCUT2D eigenvalue weighted by Gasteiger charge is 2.07. The zero-order valence-corrected chi connectivity index (χ0v) is 12.3. The average molecular weight is 305 g/mol. The number of pyridine rings is 1.